The van der Waals surface area contributed by atoms with Crippen molar-refractivity contribution < 1.29 is 4.39 Å². The minimum Gasteiger partial charge on any atom is -0.299 e. The molecule has 0 bridgehead atoms. The Morgan fingerprint density at radius 3 is 2.82 bits per heavy atom. The van der Waals surface area contributed by atoms with E-state index in [1.54, 1.807) is 6.07 Å². The highest BCUT2D eigenvalue weighted by molar-refractivity contribution is 6.30. The zero-order valence-corrected chi connectivity index (χ0v) is 13.4. The molecule has 1 saturated heterocycles. The second-order valence-electron chi connectivity index (χ2n) is 6.54. The smallest absolute Gasteiger partial charge is 0.123 e. The van der Waals surface area contributed by atoms with Crippen LogP contribution in [0.15, 0.2) is 42.5 Å². The lowest BCUT2D eigenvalue weighted by atomic mass is 9.80. The van der Waals surface area contributed by atoms with Gasteiger partial charge in [-0.15, -0.1) is 0 Å². The van der Waals surface area contributed by atoms with Crippen molar-refractivity contribution in [1.82, 2.24) is 4.90 Å². The van der Waals surface area contributed by atoms with Crippen LogP contribution in [0.1, 0.15) is 41.5 Å². The van der Waals surface area contributed by atoms with Gasteiger partial charge in [0, 0.05) is 17.0 Å². The van der Waals surface area contributed by atoms with Gasteiger partial charge in [-0.1, -0.05) is 29.8 Å². The van der Waals surface area contributed by atoms with Crippen LogP contribution in [-0.4, -0.2) is 18.5 Å². The molecule has 0 saturated carbocycles. The predicted molar refractivity (Wildman–Crippen MR) is 87.8 cm³/mol. The van der Waals surface area contributed by atoms with E-state index in [0.717, 1.165) is 17.1 Å². The summed E-state index contributed by atoms with van der Waals surface area (Å²) in [7, 11) is 2.20. The summed E-state index contributed by atoms with van der Waals surface area (Å²) >= 11 is 6.25. The fraction of sp³-hybridized carbons (Fsp3) is 0.368. The summed E-state index contributed by atoms with van der Waals surface area (Å²) in [4.78, 5) is 2.44. The first kappa shape index (κ1) is 14.2. The number of rotatable bonds is 1. The van der Waals surface area contributed by atoms with Crippen molar-refractivity contribution in [3.05, 3.63) is 70.0 Å². The lowest BCUT2D eigenvalue weighted by molar-refractivity contribution is 0.127. The Morgan fingerprint density at radius 1 is 1.14 bits per heavy atom. The summed E-state index contributed by atoms with van der Waals surface area (Å²) in [6.45, 7) is 1.12. The summed E-state index contributed by atoms with van der Waals surface area (Å²) in [5.41, 5.74) is 3.72. The SMILES string of the molecule is CN1CCCC2C(c3cccc(F)c3)c3cc(Cl)ccc3C21. The Labute approximate surface area is 135 Å². The van der Waals surface area contributed by atoms with E-state index in [0.29, 0.717) is 12.0 Å². The molecule has 114 valence electrons. The third-order valence-electron chi connectivity index (χ3n) is 5.27. The van der Waals surface area contributed by atoms with Crippen LogP contribution < -0.4 is 0 Å². The molecule has 2 aromatic rings. The average molecular weight is 316 g/mol. The lowest BCUT2D eigenvalue weighted by Gasteiger charge is -2.37. The first-order chi connectivity index (χ1) is 10.6. The van der Waals surface area contributed by atoms with Gasteiger partial charge in [0.25, 0.3) is 0 Å². The minimum atomic E-state index is -0.159. The Balaban J connectivity index is 1.88. The Kier molecular flexibility index (Phi) is 3.47. The minimum absolute atomic E-state index is 0.159. The maximum absolute atomic E-state index is 13.7. The molecule has 4 rings (SSSR count). The second kappa shape index (κ2) is 5.36. The van der Waals surface area contributed by atoms with E-state index in [4.69, 9.17) is 11.6 Å². The Morgan fingerprint density at radius 2 is 2.00 bits per heavy atom. The van der Waals surface area contributed by atoms with E-state index in [2.05, 4.69) is 30.1 Å². The van der Waals surface area contributed by atoms with Gasteiger partial charge in [0.15, 0.2) is 0 Å². The van der Waals surface area contributed by atoms with Crippen molar-refractivity contribution in [3.8, 4) is 0 Å². The molecule has 2 aromatic carbocycles. The highest BCUT2D eigenvalue weighted by Crippen LogP contribution is 2.54. The van der Waals surface area contributed by atoms with Crippen LogP contribution in [0.2, 0.25) is 5.02 Å². The van der Waals surface area contributed by atoms with E-state index in [1.807, 2.05) is 12.1 Å². The van der Waals surface area contributed by atoms with Gasteiger partial charge in [0.05, 0.1) is 0 Å². The Hall–Kier alpha value is -1.38. The predicted octanol–water partition coefficient (Wildman–Crippen LogP) is 5.01. The third-order valence-corrected chi connectivity index (χ3v) is 5.50. The molecule has 1 heterocycles. The van der Waals surface area contributed by atoms with Crippen LogP contribution in [-0.2, 0) is 0 Å². The molecule has 0 N–H and O–H groups in total. The fourth-order valence-electron chi connectivity index (χ4n) is 4.46. The van der Waals surface area contributed by atoms with Gasteiger partial charge in [-0.3, -0.25) is 4.90 Å². The number of likely N-dealkylation sites (tertiary alicyclic amines) is 1. The van der Waals surface area contributed by atoms with E-state index in [1.165, 1.54) is 30.0 Å². The standard InChI is InChI=1S/C19H19ClFN/c1-22-9-3-6-16-18(12-4-2-5-14(21)10-12)17-11-13(20)7-8-15(17)19(16)22/h2,4-5,7-8,10-11,16,18-19H,3,6,9H2,1H3. The monoisotopic (exact) mass is 315 g/mol. The maximum Gasteiger partial charge on any atom is 0.123 e. The van der Waals surface area contributed by atoms with Crippen LogP contribution >= 0.6 is 11.6 Å². The lowest BCUT2D eigenvalue weighted by Crippen LogP contribution is -2.34. The molecule has 1 aliphatic heterocycles. The topological polar surface area (TPSA) is 3.24 Å². The third kappa shape index (κ3) is 2.17. The molecule has 1 aliphatic carbocycles. The second-order valence-corrected chi connectivity index (χ2v) is 6.97. The molecule has 1 fully saturated rings. The Bertz CT molecular complexity index is 714. The molecule has 2 aliphatic rings. The van der Waals surface area contributed by atoms with Crippen molar-refractivity contribution in [1.29, 1.82) is 0 Å². The number of piperidine rings is 1. The van der Waals surface area contributed by atoms with Crippen molar-refractivity contribution in [2.24, 2.45) is 5.92 Å². The molecule has 1 nitrogen and oxygen atoms in total. The van der Waals surface area contributed by atoms with Gasteiger partial charge in [-0.2, -0.15) is 0 Å². The molecular weight excluding hydrogens is 297 g/mol. The summed E-state index contributed by atoms with van der Waals surface area (Å²) in [5.74, 6) is 0.597. The van der Waals surface area contributed by atoms with Crippen LogP contribution in [0.5, 0.6) is 0 Å². The van der Waals surface area contributed by atoms with Crippen molar-refractivity contribution in [2.75, 3.05) is 13.6 Å². The highest BCUT2D eigenvalue weighted by atomic mass is 35.5. The first-order valence-corrected chi connectivity index (χ1v) is 8.28. The van der Waals surface area contributed by atoms with Crippen LogP contribution in [0.4, 0.5) is 4.39 Å². The zero-order chi connectivity index (χ0) is 15.3. The van der Waals surface area contributed by atoms with Gasteiger partial charge in [-0.05, 0) is 73.3 Å². The zero-order valence-electron chi connectivity index (χ0n) is 12.6. The molecule has 3 unspecified atom stereocenters. The van der Waals surface area contributed by atoms with E-state index >= 15 is 0 Å². The molecule has 3 heteroatoms. The van der Waals surface area contributed by atoms with Crippen molar-refractivity contribution in [3.63, 3.8) is 0 Å². The summed E-state index contributed by atoms with van der Waals surface area (Å²) in [5, 5.41) is 0.765. The fourth-order valence-corrected chi connectivity index (χ4v) is 4.64. The van der Waals surface area contributed by atoms with Crippen molar-refractivity contribution >= 4 is 11.6 Å². The largest absolute Gasteiger partial charge is 0.299 e. The van der Waals surface area contributed by atoms with Gasteiger partial charge in [0.2, 0.25) is 0 Å². The molecule has 3 atom stereocenters. The summed E-state index contributed by atoms with van der Waals surface area (Å²) in [6, 6.07) is 13.7. The van der Waals surface area contributed by atoms with Crippen molar-refractivity contribution in [2.45, 2.75) is 24.8 Å². The van der Waals surface area contributed by atoms with Gasteiger partial charge in [0.1, 0.15) is 5.82 Å². The highest BCUT2D eigenvalue weighted by Gasteiger charge is 2.44. The molecule has 0 aromatic heterocycles. The molecule has 0 radical (unpaired) electrons. The number of hydrogen-bond donors (Lipinski definition) is 0. The first-order valence-electron chi connectivity index (χ1n) is 7.90. The number of hydrogen-bond acceptors (Lipinski definition) is 1. The van der Waals surface area contributed by atoms with E-state index in [9.17, 15) is 4.39 Å². The van der Waals surface area contributed by atoms with E-state index in [-0.39, 0.29) is 11.7 Å². The molecule has 22 heavy (non-hydrogen) atoms. The summed E-state index contributed by atoms with van der Waals surface area (Å²) < 4.78 is 13.7. The molecule has 0 amide bonds. The number of fused-ring (bicyclic) bond motifs is 3. The van der Waals surface area contributed by atoms with Gasteiger partial charge in [-0.25, -0.2) is 4.39 Å². The van der Waals surface area contributed by atoms with Crippen LogP contribution in [0, 0.1) is 11.7 Å². The maximum atomic E-state index is 13.7. The number of halogens is 2. The normalized spacial score (nSPS) is 27.5. The molecular formula is C19H19ClFN. The number of benzene rings is 2. The number of nitrogens with zero attached hydrogens (tertiary/aromatic N) is 1. The van der Waals surface area contributed by atoms with Crippen LogP contribution in [0.25, 0.3) is 0 Å². The quantitative estimate of drug-likeness (QED) is 0.715. The van der Waals surface area contributed by atoms with E-state index < -0.39 is 0 Å². The average Bonchev–Trinajstić information content (AvgIpc) is 2.81. The van der Waals surface area contributed by atoms with Gasteiger partial charge >= 0.3 is 0 Å². The molecule has 0 spiro atoms. The van der Waals surface area contributed by atoms with Gasteiger partial charge < -0.3 is 0 Å². The van der Waals surface area contributed by atoms with Crippen LogP contribution in [0.3, 0.4) is 0 Å². The summed E-state index contributed by atoms with van der Waals surface area (Å²) in [6.07, 6.45) is 2.38.